The molecule has 2 aliphatic carbocycles. The zero-order chi connectivity index (χ0) is 19.6. The molecule has 1 aromatic carbocycles. The smallest absolute Gasteiger partial charge is 0.0162 e. The minimum absolute atomic E-state index is 0.819. The third kappa shape index (κ3) is 6.50. The minimum atomic E-state index is 0.819. The average molecular weight is 381 g/mol. The largest absolute Gasteiger partial charge is 0.0804 e. The lowest BCUT2D eigenvalue weighted by atomic mass is 9.76. The maximum atomic E-state index is 2.53. The average Bonchev–Trinajstić information content (AvgIpc) is 2.75. The molecular weight excluding hydrogens is 336 g/mol. The number of allylic oxidation sites excluding steroid dienone is 2. The monoisotopic (exact) mass is 380 g/mol. The van der Waals surface area contributed by atoms with Gasteiger partial charge in [0.25, 0.3) is 0 Å². The van der Waals surface area contributed by atoms with Crippen LogP contribution in [0.15, 0.2) is 30.3 Å². The fourth-order valence-electron chi connectivity index (χ4n) is 5.61. The lowest BCUT2D eigenvalue weighted by molar-refractivity contribution is 0.302. The van der Waals surface area contributed by atoms with E-state index in [9.17, 15) is 0 Å². The van der Waals surface area contributed by atoms with Crippen LogP contribution in [-0.2, 0) is 0 Å². The van der Waals surface area contributed by atoms with E-state index in [0.717, 1.165) is 17.8 Å². The van der Waals surface area contributed by atoms with Gasteiger partial charge in [-0.1, -0.05) is 95.6 Å². The van der Waals surface area contributed by atoms with E-state index in [1.807, 2.05) is 0 Å². The summed E-state index contributed by atoms with van der Waals surface area (Å²) in [5.41, 5.74) is 4.69. The van der Waals surface area contributed by atoms with Gasteiger partial charge in [0.05, 0.1) is 0 Å². The molecule has 1 saturated carbocycles. The molecule has 0 spiro atoms. The first-order chi connectivity index (χ1) is 13.8. The van der Waals surface area contributed by atoms with Crippen molar-refractivity contribution in [3.05, 3.63) is 41.5 Å². The van der Waals surface area contributed by atoms with Gasteiger partial charge in [-0.15, -0.1) is 0 Å². The van der Waals surface area contributed by atoms with E-state index < -0.39 is 0 Å². The maximum Gasteiger partial charge on any atom is -0.0162 e. The fraction of sp³-hybridized carbons (Fsp3) is 0.714. The van der Waals surface area contributed by atoms with Crippen molar-refractivity contribution in [3.8, 4) is 0 Å². The molecule has 0 heteroatoms. The molecule has 0 radical (unpaired) electrons. The Labute approximate surface area is 175 Å². The Morgan fingerprint density at radius 2 is 1.46 bits per heavy atom. The summed E-state index contributed by atoms with van der Waals surface area (Å²) in [7, 11) is 0. The number of hydrogen-bond acceptors (Lipinski definition) is 0. The third-order valence-corrected chi connectivity index (χ3v) is 7.53. The summed E-state index contributed by atoms with van der Waals surface area (Å²) in [6, 6.07) is 9.73. The number of benzene rings is 1. The van der Waals surface area contributed by atoms with Gasteiger partial charge in [-0.05, 0) is 79.4 Å². The summed E-state index contributed by atoms with van der Waals surface area (Å²) in [4.78, 5) is 0. The predicted molar refractivity (Wildman–Crippen MR) is 125 cm³/mol. The van der Waals surface area contributed by atoms with Gasteiger partial charge >= 0.3 is 0 Å². The zero-order valence-electron chi connectivity index (χ0n) is 18.7. The van der Waals surface area contributed by atoms with Crippen LogP contribution in [0, 0.1) is 11.8 Å². The first-order valence-electron chi connectivity index (χ1n) is 12.6. The molecule has 1 fully saturated rings. The van der Waals surface area contributed by atoms with Crippen molar-refractivity contribution in [1.82, 2.24) is 0 Å². The fourth-order valence-corrected chi connectivity index (χ4v) is 5.61. The molecule has 0 aliphatic heterocycles. The van der Waals surface area contributed by atoms with Crippen LogP contribution in [0.25, 0.3) is 5.57 Å². The SMILES string of the molecule is CCCCCCC[C@H]1CC[C@H](c2ccc(C3=CCC(CCC)CC3)cc2)CC1. The molecule has 156 valence electrons. The highest BCUT2D eigenvalue weighted by molar-refractivity contribution is 5.66. The molecule has 28 heavy (non-hydrogen) atoms. The van der Waals surface area contributed by atoms with Crippen LogP contribution >= 0.6 is 0 Å². The van der Waals surface area contributed by atoms with Crippen LogP contribution in [-0.4, -0.2) is 0 Å². The highest BCUT2D eigenvalue weighted by Gasteiger charge is 2.22. The van der Waals surface area contributed by atoms with Crippen molar-refractivity contribution in [3.63, 3.8) is 0 Å². The van der Waals surface area contributed by atoms with Gasteiger partial charge in [0.2, 0.25) is 0 Å². The van der Waals surface area contributed by atoms with Crippen LogP contribution in [0.5, 0.6) is 0 Å². The van der Waals surface area contributed by atoms with Crippen molar-refractivity contribution >= 4 is 5.57 Å². The van der Waals surface area contributed by atoms with E-state index in [4.69, 9.17) is 0 Å². The highest BCUT2D eigenvalue weighted by atomic mass is 14.3. The molecule has 0 bridgehead atoms. The standard InChI is InChI=1S/C28H44/c1-3-5-6-7-8-10-24-13-17-26(18-14-24)28-21-19-27(20-22-28)25-15-11-23(9-4-2)12-16-25/h15,19-24,26H,3-14,16-18H2,1-2H3/t23?,24-,26-. The Morgan fingerprint density at radius 1 is 0.714 bits per heavy atom. The number of hydrogen-bond donors (Lipinski definition) is 0. The molecule has 1 unspecified atom stereocenters. The summed E-state index contributed by atoms with van der Waals surface area (Å²) >= 11 is 0. The van der Waals surface area contributed by atoms with Crippen molar-refractivity contribution < 1.29 is 0 Å². The normalized spacial score (nSPS) is 25.5. The topological polar surface area (TPSA) is 0 Å². The van der Waals surface area contributed by atoms with Crippen molar-refractivity contribution in [2.24, 2.45) is 11.8 Å². The predicted octanol–water partition coefficient (Wildman–Crippen LogP) is 9.30. The van der Waals surface area contributed by atoms with E-state index in [2.05, 4.69) is 44.2 Å². The second-order valence-electron chi connectivity index (χ2n) is 9.70. The lowest BCUT2D eigenvalue weighted by Gasteiger charge is -2.29. The molecule has 2 aliphatic rings. The summed E-state index contributed by atoms with van der Waals surface area (Å²) in [5, 5.41) is 0. The molecule has 0 saturated heterocycles. The molecule has 1 atom stereocenters. The van der Waals surface area contributed by atoms with Gasteiger partial charge in [0.15, 0.2) is 0 Å². The third-order valence-electron chi connectivity index (χ3n) is 7.53. The summed E-state index contributed by atoms with van der Waals surface area (Å²) in [5.74, 6) is 2.77. The molecule has 1 aromatic rings. The van der Waals surface area contributed by atoms with Gasteiger partial charge in [-0.2, -0.15) is 0 Å². The van der Waals surface area contributed by atoms with Crippen LogP contribution in [0.4, 0.5) is 0 Å². The molecule has 0 nitrogen and oxygen atoms in total. The van der Waals surface area contributed by atoms with E-state index in [1.54, 1.807) is 11.1 Å². The van der Waals surface area contributed by atoms with E-state index in [1.165, 1.54) is 102 Å². The van der Waals surface area contributed by atoms with Crippen LogP contribution < -0.4 is 0 Å². The van der Waals surface area contributed by atoms with E-state index in [0.29, 0.717) is 0 Å². The minimum Gasteiger partial charge on any atom is -0.0804 e. The first kappa shape index (κ1) is 21.7. The van der Waals surface area contributed by atoms with Gasteiger partial charge in [0.1, 0.15) is 0 Å². The van der Waals surface area contributed by atoms with Gasteiger partial charge in [0, 0.05) is 0 Å². The zero-order valence-corrected chi connectivity index (χ0v) is 18.7. The first-order valence-corrected chi connectivity index (χ1v) is 12.6. The highest BCUT2D eigenvalue weighted by Crippen LogP contribution is 2.39. The van der Waals surface area contributed by atoms with Crippen molar-refractivity contribution in [2.75, 3.05) is 0 Å². The molecule has 0 N–H and O–H groups in total. The van der Waals surface area contributed by atoms with Crippen molar-refractivity contribution in [2.45, 2.75) is 116 Å². The van der Waals surface area contributed by atoms with Crippen molar-refractivity contribution in [1.29, 1.82) is 0 Å². The second kappa shape index (κ2) is 11.8. The molecule has 0 heterocycles. The second-order valence-corrected chi connectivity index (χ2v) is 9.70. The van der Waals surface area contributed by atoms with Crippen LogP contribution in [0.1, 0.15) is 127 Å². The van der Waals surface area contributed by atoms with Gasteiger partial charge < -0.3 is 0 Å². The van der Waals surface area contributed by atoms with Crippen LogP contribution in [0.2, 0.25) is 0 Å². The number of unbranched alkanes of at least 4 members (excludes halogenated alkanes) is 4. The summed E-state index contributed by atoms with van der Waals surface area (Å²) < 4.78 is 0. The summed E-state index contributed by atoms with van der Waals surface area (Å²) in [6.45, 7) is 4.63. The van der Waals surface area contributed by atoms with Crippen LogP contribution in [0.3, 0.4) is 0 Å². The summed E-state index contributed by atoms with van der Waals surface area (Å²) in [6.07, 6.45) is 23.7. The molecule has 0 aromatic heterocycles. The Bertz CT molecular complexity index is 571. The molecular formula is C28H44. The Morgan fingerprint density at radius 3 is 2.11 bits per heavy atom. The van der Waals surface area contributed by atoms with E-state index >= 15 is 0 Å². The maximum absolute atomic E-state index is 2.53. The van der Waals surface area contributed by atoms with E-state index in [-0.39, 0.29) is 0 Å². The Balaban J connectivity index is 1.42. The van der Waals surface area contributed by atoms with Gasteiger partial charge in [-0.25, -0.2) is 0 Å². The molecule has 3 rings (SSSR count). The quantitative estimate of drug-likeness (QED) is 0.355. The Kier molecular flexibility index (Phi) is 9.16. The Hall–Kier alpha value is -1.04. The molecule has 0 amide bonds. The lowest BCUT2D eigenvalue weighted by Crippen LogP contribution is -2.13. The van der Waals surface area contributed by atoms with Gasteiger partial charge in [-0.3, -0.25) is 0 Å². The number of rotatable bonds is 10.